The van der Waals surface area contributed by atoms with Gasteiger partial charge in [-0.3, -0.25) is 0 Å². The van der Waals surface area contributed by atoms with Crippen LogP contribution in [0.4, 0.5) is 0 Å². The molecule has 1 rings (SSSR count). The summed E-state index contributed by atoms with van der Waals surface area (Å²) in [5.74, 6) is 1.20. The highest BCUT2D eigenvalue weighted by Crippen LogP contribution is 2.30. The molecule has 7 heteroatoms. The summed E-state index contributed by atoms with van der Waals surface area (Å²) in [6, 6.07) is 8.59. The van der Waals surface area contributed by atoms with Gasteiger partial charge in [0.25, 0.3) is 0 Å². The highest BCUT2D eigenvalue weighted by molar-refractivity contribution is 8.17. The predicted octanol–water partition coefficient (Wildman–Crippen LogP) is 2.80. The van der Waals surface area contributed by atoms with Gasteiger partial charge in [0.05, 0.1) is 10.1 Å². The number of benzene rings is 1. The fraction of sp³-hybridized carbons (Fsp3) is 0.611. The van der Waals surface area contributed by atoms with Gasteiger partial charge in [0, 0.05) is 6.61 Å². The van der Waals surface area contributed by atoms with Crippen molar-refractivity contribution >= 4 is 29.5 Å². The van der Waals surface area contributed by atoms with E-state index in [4.69, 9.17) is 9.47 Å². The minimum atomic E-state index is -1.10. The number of rotatable bonds is 12. The molecule has 0 aliphatic rings. The molecule has 0 saturated heterocycles. The van der Waals surface area contributed by atoms with Crippen LogP contribution in [-0.2, 0) is 9.47 Å². The van der Waals surface area contributed by atoms with Crippen LogP contribution in [0.2, 0.25) is 0 Å². The van der Waals surface area contributed by atoms with Crippen molar-refractivity contribution in [1.29, 1.82) is 0 Å². The molecule has 0 bridgehead atoms. The Hall–Kier alpha value is -0.730. The van der Waals surface area contributed by atoms with Crippen molar-refractivity contribution in [2.45, 2.75) is 43.7 Å². The number of hydrogen-bond donors (Lipinski definition) is 2. The summed E-state index contributed by atoms with van der Waals surface area (Å²) in [5.41, 5.74) is 0.421. The highest BCUT2D eigenvalue weighted by Gasteiger charge is 2.34. The van der Waals surface area contributed by atoms with E-state index in [0.717, 1.165) is 11.5 Å². The summed E-state index contributed by atoms with van der Waals surface area (Å²) in [6.45, 7) is 5.97. The smallest absolute Gasteiger partial charge is 0.338 e. The Labute approximate surface area is 158 Å². The van der Waals surface area contributed by atoms with Crippen LogP contribution >= 0.6 is 23.5 Å². The molecular formula is C18H28O5S2. The molecule has 0 spiro atoms. The summed E-state index contributed by atoms with van der Waals surface area (Å²) in [5, 5.41) is 21.1. The topological polar surface area (TPSA) is 76.0 Å². The average Bonchev–Trinajstić information content (AvgIpc) is 2.64. The fourth-order valence-electron chi connectivity index (χ4n) is 2.27. The van der Waals surface area contributed by atoms with Gasteiger partial charge in [-0.05, 0) is 30.6 Å². The first-order valence-corrected chi connectivity index (χ1v) is 10.6. The van der Waals surface area contributed by atoms with Crippen LogP contribution in [0.25, 0.3) is 0 Å². The number of ether oxygens (including phenoxy) is 2. The zero-order chi connectivity index (χ0) is 18.7. The van der Waals surface area contributed by atoms with Crippen molar-refractivity contribution < 1.29 is 24.5 Å². The zero-order valence-electron chi connectivity index (χ0n) is 15.0. The van der Waals surface area contributed by atoms with Gasteiger partial charge in [0.2, 0.25) is 0 Å². The van der Waals surface area contributed by atoms with Crippen LogP contribution in [0.15, 0.2) is 30.3 Å². The van der Waals surface area contributed by atoms with Gasteiger partial charge in [-0.25, -0.2) is 4.79 Å². The Balaban J connectivity index is 2.68. The van der Waals surface area contributed by atoms with E-state index in [2.05, 4.69) is 0 Å². The lowest BCUT2D eigenvalue weighted by atomic mass is 10.1. The monoisotopic (exact) mass is 388 g/mol. The van der Waals surface area contributed by atoms with E-state index in [1.807, 2.05) is 19.9 Å². The average molecular weight is 389 g/mol. The molecule has 0 aliphatic heterocycles. The molecule has 0 saturated carbocycles. The van der Waals surface area contributed by atoms with Crippen LogP contribution in [0.5, 0.6) is 0 Å². The molecule has 0 aromatic heterocycles. The van der Waals surface area contributed by atoms with Crippen molar-refractivity contribution in [3.8, 4) is 0 Å². The van der Waals surface area contributed by atoms with Crippen molar-refractivity contribution in [2.24, 2.45) is 0 Å². The van der Waals surface area contributed by atoms with Crippen molar-refractivity contribution in [2.75, 3.05) is 24.7 Å². The molecule has 5 nitrogen and oxygen atoms in total. The van der Waals surface area contributed by atoms with Gasteiger partial charge in [-0.1, -0.05) is 32.0 Å². The molecular weight excluding hydrogens is 360 g/mol. The zero-order valence-corrected chi connectivity index (χ0v) is 16.6. The van der Waals surface area contributed by atoms with Crippen molar-refractivity contribution in [3.05, 3.63) is 35.9 Å². The number of hydrogen-bond acceptors (Lipinski definition) is 7. The lowest BCUT2D eigenvalue weighted by molar-refractivity contribution is -0.106. The second-order valence-electron chi connectivity index (χ2n) is 5.22. The third-order valence-corrected chi connectivity index (χ3v) is 6.11. The minimum Gasteiger partial charge on any atom is -0.459 e. The highest BCUT2D eigenvalue weighted by atomic mass is 32.2. The Morgan fingerprint density at radius 2 is 1.68 bits per heavy atom. The summed E-state index contributed by atoms with van der Waals surface area (Å²) in [6.07, 6.45) is -2.77. The summed E-state index contributed by atoms with van der Waals surface area (Å²) < 4.78 is 10.6. The second kappa shape index (κ2) is 12.6. The summed E-state index contributed by atoms with van der Waals surface area (Å²) in [7, 11) is 0. The normalized spacial score (nSPS) is 15.0. The molecule has 1 aromatic carbocycles. The van der Waals surface area contributed by atoms with Gasteiger partial charge in [-0.2, -0.15) is 0 Å². The number of esters is 1. The van der Waals surface area contributed by atoms with E-state index in [1.165, 1.54) is 0 Å². The summed E-state index contributed by atoms with van der Waals surface area (Å²) in [4.78, 5) is 12.0. The van der Waals surface area contributed by atoms with E-state index in [-0.39, 0.29) is 11.2 Å². The molecule has 142 valence electrons. The number of thioether (sulfide) groups is 2. The van der Waals surface area contributed by atoms with Gasteiger partial charge in [0.15, 0.2) is 0 Å². The third kappa shape index (κ3) is 7.58. The number of aliphatic hydroxyl groups is 2. The number of carbonyl (C=O) groups is 1. The van der Waals surface area contributed by atoms with Gasteiger partial charge >= 0.3 is 5.97 Å². The minimum absolute atomic E-state index is 0.106. The van der Waals surface area contributed by atoms with Crippen LogP contribution in [-0.4, -0.2) is 63.8 Å². The quantitative estimate of drug-likeness (QED) is 0.421. The standard InChI is InChI=1S/C18H28O5S2/c1-4-22-16(15(20)18(24-5-2)25-6-3)14(19)12-23-17(21)13-10-8-7-9-11-13/h7-11,14-16,18-20H,4-6,12H2,1-3H3. The lowest BCUT2D eigenvalue weighted by Gasteiger charge is -2.31. The Bertz CT molecular complexity index is 480. The first-order chi connectivity index (χ1) is 12.0. The van der Waals surface area contributed by atoms with Crippen LogP contribution in [0.1, 0.15) is 31.1 Å². The van der Waals surface area contributed by atoms with Crippen molar-refractivity contribution in [3.63, 3.8) is 0 Å². The maximum absolute atomic E-state index is 12.0. The maximum Gasteiger partial charge on any atom is 0.338 e. The van der Waals surface area contributed by atoms with Crippen LogP contribution in [0, 0.1) is 0 Å². The molecule has 25 heavy (non-hydrogen) atoms. The number of carbonyl (C=O) groups excluding carboxylic acids is 1. The second-order valence-corrected chi connectivity index (χ2v) is 8.36. The van der Waals surface area contributed by atoms with Crippen molar-refractivity contribution in [1.82, 2.24) is 0 Å². The van der Waals surface area contributed by atoms with Crippen LogP contribution in [0.3, 0.4) is 0 Å². The first kappa shape index (κ1) is 22.3. The van der Waals surface area contributed by atoms with Gasteiger partial charge in [0.1, 0.15) is 24.9 Å². The number of aliphatic hydroxyl groups excluding tert-OH is 2. The van der Waals surface area contributed by atoms with E-state index in [1.54, 1.807) is 54.7 Å². The molecule has 0 amide bonds. The van der Waals surface area contributed by atoms with Crippen LogP contribution < -0.4 is 0 Å². The Morgan fingerprint density at radius 3 is 2.20 bits per heavy atom. The fourth-order valence-corrected chi connectivity index (χ4v) is 4.83. The first-order valence-electron chi connectivity index (χ1n) is 8.48. The molecule has 0 aliphatic carbocycles. The molecule has 0 fully saturated rings. The lowest BCUT2D eigenvalue weighted by Crippen LogP contribution is -2.46. The molecule has 0 heterocycles. The van der Waals surface area contributed by atoms with E-state index in [0.29, 0.717) is 12.2 Å². The van der Waals surface area contributed by atoms with Gasteiger partial charge < -0.3 is 19.7 Å². The molecule has 0 radical (unpaired) electrons. The summed E-state index contributed by atoms with van der Waals surface area (Å²) >= 11 is 3.23. The molecule has 2 N–H and O–H groups in total. The molecule has 3 atom stereocenters. The molecule has 3 unspecified atom stereocenters. The maximum atomic E-state index is 12.0. The predicted molar refractivity (Wildman–Crippen MR) is 104 cm³/mol. The molecule has 1 aromatic rings. The largest absolute Gasteiger partial charge is 0.459 e. The Morgan fingerprint density at radius 1 is 1.08 bits per heavy atom. The SMILES string of the molecule is CCOC(C(O)COC(=O)c1ccccc1)C(O)C(SCC)SCC. The van der Waals surface area contributed by atoms with Gasteiger partial charge in [-0.15, -0.1) is 23.5 Å². The van der Waals surface area contributed by atoms with E-state index in [9.17, 15) is 15.0 Å². The Kier molecular flexibility index (Phi) is 11.2. The van der Waals surface area contributed by atoms with E-state index < -0.39 is 24.3 Å². The third-order valence-electron chi connectivity index (χ3n) is 3.41. The van der Waals surface area contributed by atoms with E-state index >= 15 is 0 Å².